The smallest absolute Gasteiger partial charge is 0.130 e. The Hall–Kier alpha value is -2.62. The predicted molar refractivity (Wildman–Crippen MR) is 123 cm³/mol. The van der Waals surface area contributed by atoms with Crippen LogP contribution in [0, 0.1) is 5.92 Å². The van der Waals surface area contributed by atoms with Crippen molar-refractivity contribution in [3.8, 4) is 0 Å². The number of allylic oxidation sites excluding steroid dienone is 2. The second kappa shape index (κ2) is 10.6. The number of hydrogen-bond acceptors (Lipinski definition) is 4. The van der Waals surface area contributed by atoms with E-state index in [1.165, 1.54) is 17.7 Å². The second-order valence-corrected chi connectivity index (χ2v) is 7.09. The molecule has 4 nitrogen and oxygen atoms in total. The lowest BCUT2D eigenvalue weighted by atomic mass is 10.0. The van der Waals surface area contributed by atoms with Crippen LogP contribution in [0.4, 0.5) is 5.69 Å². The van der Waals surface area contributed by atoms with Gasteiger partial charge in [-0.2, -0.15) is 0 Å². The maximum Gasteiger partial charge on any atom is 0.130 e. The van der Waals surface area contributed by atoms with E-state index in [1.54, 1.807) is 7.05 Å². The Balaban J connectivity index is 0.000000878. The van der Waals surface area contributed by atoms with Gasteiger partial charge in [0.05, 0.1) is 6.04 Å². The molecule has 0 amide bonds. The molecule has 0 aromatic heterocycles. The molecule has 1 aromatic carbocycles. The van der Waals surface area contributed by atoms with Crippen molar-refractivity contribution in [2.45, 2.75) is 53.5 Å². The van der Waals surface area contributed by atoms with Crippen LogP contribution in [0.25, 0.3) is 0 Å². The van der Waals surface area contributed by atoms with Crippen LogP contribution in [-0.2, 0) is 6.42 Å². The van der Waals surface area contributed by atoms with Gasteiger partial charge >= 0.3 is 0 Å². The summed E-state index contributed by atoms with van der Waals surface area (Å²) in [5.74, 6) is 1.34. The highest BCUT2D eigenvalue weighted by Gasteiger charge is 2.36. The molecule has 0 aliphatic carbocycles. The monoisotopic (exact) mass is 378 g/mol. The highest BCUT2D eigenvalue weighted by Crippen LogP contribution is 2.34. The highest BCUT2D eigenvalue weighted by molar-refractivity contribution is 6.01. The standard InChI is InChI=1S/C21H26N4.C3H8/c1-5-16-7-9-18(10-8-16)24-21-20-15(3)13-19(17(6-2)14-22-4)25(20)12-11-23-21;1-3-2/h6-15,20H,5H2,1-4H3,(H,23,24);3H2,1-2H3/b17-6+,22-14?;. The van der Waals surface area contributed by atoms with Gasteiger partial charge in [-0.3, -0.25) is 4.99 Å². The van der Waals surface area contributed by atoms with Crippen LogP contribution in [0.15, 0.2) is 70.1 Å². The van der Waals surface area contributed by atoms with Crippen LogP contribution in [-0.4, -0.2) is 30.0 Å². The average Bonchev–Trinajstić information content (AvgIpc) is 3.05. The zero-order valence-electron chi connectivity index (χ0n) is 18.1. The van der Waals surface area contributed by atoms with Crippen molar-refractivity contribution in [2.24, 2.45) is 15.9 Å². The lowest BCUT2D eigenvalue weighted by molar-refractivity contribution is 0.402. The molecule has 1 N–H and O–H groups in total. The Morgan fingerprint density at radius 2 is 1.89 bits per heavy atom. The van der Waals surface area contributed by atoms with Crippen LogP contribution >= 0.6 is 0 Å². The predicted octanol–water partition coefficient (Wildman–Crippen LogP) is 5.81. The number of anilines is 1. The summed E-state index contributed by atoms with van der Waals surface area (Å²) >= 11 is 0. The first-order chi connectivity index (χ1) is 13.6. The molecule has 3 rings (SSSR count). The quantitative estimate of drug-likeness (QED) is 0.671. The molecule has 2 aliphatic rings. The molecule has 0 radical (unpaired) electrons. The van der Waals surface area contributed by atoms with E-state index in [0.717, 1.165) is 23.5 Å². The lowest BCUT2D eigenvalue weighted by Crippen LogP contribution is -2.42. The summed E-state index contributed by atoms with van der Waals surface area (Å²) in [6.07, 6.45) is 12.5. The van der Waals surface area contributed by atoms with Crippen LogP contribution in [0.2, 0.25) is 0 Å². The molecule has 1 aromatic rings. The molecular weight excluding hydrogens is 344 g/mol. The van der Waals surface area contributed by atoms with Crippen molar-refractivity contribution in [1.82, 2.24) is 4.90 Å². The Morgan fingerprint density at radius 3 is 2.46 bits per heavy atom. The number of aliphatic imine (C=N–C) groups is 2. The van der Waals surface area contributed by atoms with E-state index in [1.807, 2.05) is 19.3 Å². The fraction of sp³-hybridized carbons (Fsp3) is 0.417. The van der Waals surface area contributed by atoms with E-state index in [2.05, 4.69) is 90.5 Å². The third-order valence-corrected chi connectivity index (χ3v) is 4.73. The molecule has 2 atom stereocenters. The normalized spacial score (nSPS) is 21.1. The van der Waals surface area contributed by atoms with Crippen LogP contribution in [0.5, 0.6) is 0 Å². The SMILES string of the molecule is C/C=C(\C=NC)C1=CC(C)C2C(Nc3ccc(CC)cc3)=NC=CN12.CCC. The van der Waals surface area contributed by atoms with Crippen LogP contribution < -0.4 is 5.32 Å². The first-order valence-electron chi connectivity index (χ1n) is 10.3. The van der Waals surface area contributed by atoms with E-state index >= 15 is 0 Å². The lowest BCUT2D eigenvalue weighted by Gasteiger charge is -2.32. The number of hydrogen-bond donors (Lipinski definition) is 1. The first kappa shape index (κ1) is 21.7. The Kier molecular flexibility index (Phi) is 8.24. The van der Waals surface area contributed by atoms with Gasteiger partial charge < -0.3 is 10.2 Å². The molecule has 150 valence electrons. The van der Waals surface area contributed by atoms with Gasteiger partial charge in [-0.05, 0) is 31.0 Å². The van der Waals surface area contributed by atoms with Gasteiger partial charge in [0.15, 0.2) is 0 Å². The number of nitrogens with zero attached hydrogens (tertiary/aromatic N) is 3. The third-order valence-electron chi connectivity index (χ3n) is 4.73. The minimum Gasteiger partial charge on any atom is -0.342 e. The Morgan fingerprint density at radius 1 is 1.21 bits per heavy atom. The highest BCUT2D eigenvalue weighted by atomic mass is 15.2. The zero-order chi connectivity index (χ0) is 20.5. The van der Waals surface area contributed by atoms with Gasteiger partial charge in [0.25, 0.3) is 0 Å². The van der Waals surface area contributed by atoms with E-state index in [0.29, 0.717) is 5.92 Å². The molecule has 0 fully saturated rings. The van der Waals surface area contributed by atoms with Gasteiger partial charge in [0.1, 0.15) is 5.84 Å². The van der Waals surface area contributed by atoms with Crippen molar-refractivity contribution >= 4 is 17.7 Å². The average molecular weight is 379 g/mol. The van der Waals surface area contributed by atoms with Gasteiger partial charge in [-0.1, -0.05) is 58.4 Å². The van der Waals surface area contributed by atoms with Crippen LogP contribution in [0.3, 0.4) is 0 Å². The molecule has 0 bridgehead atoms. The fourth-order valence-corrected chi connectivity index (χ4v) is 3.40. The van der Waals surface area contributed by atoms with Gasteiger partial charge in [-0.25, -0.2) is 4.99 Å². The van der Waals surface area contributed by atoms with Gasteiger partial charge in [0.2, 0.25) is 0 Å². The molecule has 28 heavy (non-hydrogen) atoms. The maximum atomic E-state index is 4.62. The number of fused-ring (bicyclic) bond motifs is 1. The minimum absolute atomic E-state index is 0.186. The second-order valence-electron chi connectivity index (χ2n) is 7.09. The molecule has 0 spiro atoms. The van der Waals surface area contributed by atoms with Crippen molar-refractivity contribution in [1.29, 1.82) is 0 Å². The summed E-state index contributed by atoms with van der Waals surface area (Å²) in [6.45, 7) is 10.7. The largest absolute Gasteiger partial charge is 0.342 e. The summed E-state index contributed by atoms with van der Waals surface area (Å²) in [4.78, 5) is 11.1. The molecular formula is C24H34N4. The number of rotatable bonds is 4. The fourth-order valence-electron chi connectivity index (χ4n) is 3.40. The van der Waals surface area contributed by atoms with Crippen molar-refractivity contribution in [2.75, 3.05) is 12.4 Å². The molecule has 0 saturated heterocycles. The summed E-state index contributed by atoms with van der Waals surface area (Å²) in [7, 11) is 1.81. The topological polar surface area (TPSA) is 40.0 Å². The zero-order valence-corrected chi connectivity index (χ0v) is 18.1. The summed E-state index contributed by atoms with van der Waals surface area (Å²) < 4.78 is 0. The third kappa shape index (κ3) is 5.00. The van der Waals surface area contributed by atoms with Crippen molar-refractivity contribution in [3.63, 3.8) is 0 Å². The van der Waals surface area contributed by atoms with E-state index in [9.17, 15) is 0 Å². The maximum absolute atomic E-state index is 4.62. The first-order valence-corrected chi connectivity index (χ1v) is 10.3. The van der Waals surface area contributed by atoms with Gasteiger partial charge in [-0.15, -0.1) is 0 Å². The summed E-state index contributed by atoms with van der Waals surface area (Å²) in [6, 6.07) is 8.76. The van der Waals surface area contributed by atoms with E-state index < -0.39 is 0 Å². The summed E-state index contributed by atoms with van der Waals surface area (Å²) in [5.41, 5.74) is 4.74. The summed E-state index contributed by atoms with van der Waals surface area (Å²) in [5, 5.41) is 3.51. The van der Waals surface area contributed by atoms with Crippen molar-refractivity contribution in [3.05, 3.63) is 65.7 Å². The number of amidine groups is 1. The molecule has 0 saturated carbocycles. The molecule has 2 unspecified atom stereocenters. The number of aryl methyl sites for hydroxylation is 1. The van der Waals surface area contributed by atoms with E-state index in [4.69, 9.17) is 0 Å². The van der Waals surface area contributed by atoms with E-state index in [-0.39, 0.29) is 6.04 Å². The molecule has 4 heteroatoms. The number of benzene rings is 1. The molecule has 2 aliphatic heterocycles. The van der Waals surface area contributed by atoms with Crippen molar-refractivity contribution < 1.29 is 0 Å². The van der Waals surface area contributed by atoms with Crippen LogP contribution in [0.1, 0.15) is 46.6 Å². The molecule has 2 heterocycles. The Bertz CT molecular complexity index is 781. The Labute approximate surface area is 170 Å². The van der Waals surface area contributed by atoms with Gasteiger partial charge in [0, 0.05) is 48.5 Å². The minimum atomic E-state index is 0.186. The number of nitrogens with one attached hydrogen (secondary N) is 1.